The van der Waals surface area contributed by atoms with Crippen molar-refractivity contribution >= 4 is 5.91 Å². The number of nitrogens with one attached hydrogen (secondary N) is 1. The van der Waals surface area contributed by atoms with Gasteiger partial charge in [-0.05, 0) is 107 Å². The maximum absolute atomic E-state index is 12.7. The fourth-order valence-corrected chi connectivity index (χ4v) is 7.23. The highest BCUT2D eigenvalue weighted by atomic mass is 16.2. The molecule has 5 rings (SSSR count). The molecule has 0 aromatic carbocycles. The predicted molar refractivity (Wildman–Crippen MR) is 110 cm³/mol. The van der Waals surface area contributed by atoms with E-state index in [-0.39, 0.29) is 11.9 Å². The number of nitrogens with zero attached hydrogens (tertiary/aromatic N) is 2. The number of rotatable bonds is 7. The van der Waals surface area contributed by atoms with Gasteiger partial charge in [0, 0.05) is 12.6 Å². The van der Waals surface area contributed by atoms with Gasteiger partial charge in [0.25, 0.3) is 0 Å². The average Bonchev–Trinajstić information content (AvgIpc) is 2.69. The number of hydrogen-bond acceptors (Lipinski definition) is 4. The highest BCUT2D eigenvalue weighted by Gasteiger charge is 2.52. The van der Waals surface area contributed by atoms with Crippen LogP contribution in [0.25, 0.3) is 0 Å². The first-order valence-electron chi connectivity index (χ1n) is 11.7. The largest absolute Gasteiger partial charge is 0.325 e. The second-order valence-corrected chi connectivity index (χ2v) is 10.4. The Hall–Kier alpha value is -1.12. The lowest BCUT2D eigenvalue weighted by Crippen LogP contribution is -2.55. The highest BCUT2D eigenvalue weighted by Crippen LogP contribution is 2.61. The minimum absolute atomic E-state index is 0.0274. The fraction of sp³-hybridized carbons (Fsp3) is 0.913. The number of likely N-dealkylation sites (tertiary alicyclic amines) is 1. The van der Waals surface area contributed by atoms with Crippen LogP contribution in [0.2, 0.25) is 0 Å². The van der Waals surface area contributed by atoms with Crippen LogP contribution in [-0.2, 0) is 4.79 Å². The highest BCUT2D eigenvalue weighted by molar-refractivity contribution is 5.82. The second-order valence-electron chi connectivity index (χ2n) is 10.4. The quantitative estimate of drug-likeness (QED) is 0.658. The first kappa shape index (κ1) is 20.2. The summed E-state index contributed by atoms with van der Waals surface area (Å²) in [7, 11) is 0. The maximum Gasteiger partial charge on any atom is 0.240 e. The van der Waals surface area contributed by atoms with Crippen LogP contribution in [0.5, 0.6) is 0 Å². The van der Waals surface area contributed by atoms with Crippen molar-refractivity contribution in [2.45, 2.75) is 95.7 Å². The SMILES string of the molecule is CC(NCCCC(N)C(=O)N1CCCCC1C#N)C12CC3CC(CC(C3)C1)C2. The molecule has 3 N–H and O–H groups in total. The van der Waals surface area contributed by atoms with Gasteiger partial charge in [0.15, 0.2) is 0 Å². The van der Waals surface area contributed by atoms with Crippen LogP contribution in [0.4, 0.5) is 0 Å². The third-order valence-electron chi connectivity index (χ3n) is 8.40. The lowest BCUT2D eigenvalue weighted by atomic mass is 9.48. The van der Waals surface area contributed by atoms with Crippen molar-refractivity contribution in [3.8, 4) is 6.07 Å². The Balaban J connectivity index is 1.21. The summed E-state index contributed by atoms with van der Waals surface area (Å²) in [5, 5.41) is 13.1. The number of piperidine rings is 1. The Kier molecular flexibility index (Phi) is 5.99. The molecule has 5 nitrogen and oxygen atoms in total. The summed E-state index contributed by atoms with van der Waals surface area (Å²) < 4.78 is 0. The van der Waals surface area contributed by atoms with Gasteiger partial charge in [-0.2, -0.15) is 5.26 Å². The smallest absolute Gasteiger partial charge is 0.240 e. The molecule has 5 fully saturated rings. The first-order valence-corrected chi connectivity index (χ1v) is 11.7. The molecule has 5 heteroatoms. The van der Waals surface area contributed by atoms with Crippen molar-refractivity contribution in [2.75, 3.05) is 13.1 Å². The summed E-state index contributed by atoms with van der Waals surface area (Å²) in [6, 6.07) is 2.10. The number of nitriles is 1. The minimum Gasteiger partial charge on any atom is -0.325 e. The van der Waals surface area contributed by atoms with Crippen LogP contribution in [-0.4, -0.2) is 42.0 Å². The summed E-state index contributed by atoms with van der Waals surface area (Å²) in [4.78, 5) is 14.4. The Morgan fingerprint density at radius 1 is 1.21 bits per heavy atom. The predicted octanol–water partition coefficient (Wildman–Crippen LogP) is 3.19. The lowest BCUT2D eigenvalue weighted by molar-refractivity contribution is -0.135. The monoisotopic (exact) mass is 386 g/mol. The molecule has 156 valence electrons. The number of hydrogen-bond donors (Lipinski definition) is 2. The zero-order valence-electron chi connectivity index (χ0n) is 17.5. The van der Waals surface area contributed by atoms with Crippen molar-refractivity contribution < 1.29 is 4.79 Å². The van der Waals surface area contributed by atoms with Gasteiger partial charge in [0.05, 0.1) is 12.1 Å². The van der Waals surface area contributed by atoms with Crippen LogP contribution >= 0.6 is 0 Å². The summed E-state index contributed by atoms with van der Waals surface area (Å²) in [6.07, 6.45) is 13.2. The van der Waals surface area contributed by atoms with Crippen LogP contribution in [0, 0.1) is 34.5 Å². The molecule has 1 aliphatic heterocycles. The van der Waals surface area contributed by atoms with E-state index in [4.69, 9.17) is 5.73 Å². The van der Waals surface area contributed by atoms with Crippen molar-refractivity contribution in [1.82, 2.24) is 10.2 Å². The molecule has 3 unspecified atom stereocenters. The van der Waals surface area contributed by atoms with E-state index in [1.54, 1.807) is 4.90 Å². The molecular weight excluding hydrogens is 348 g/mol. The third kappa shape index (κ3) is 3.96. The van der Waals surface area contributed by atoms with Crippen LogP contribution in [0.3, 0.4) is 0 Å². The van der Waals surface area contributed by atoms with Crippen molar-refractivity contribution in [3.05, 3.63) is 0 Å². The zero-order valence-corrected chi connectivity index (χ0v) is 17.5. The third-order valence-corrected chi connectivity index (χ3v) is 8.40. The van der Waals surface area contributed by atoms with Gasteiger partial charge in [0.1, 0.15) is 6.04 Å². The Bertz CT molecular complexity index is 577. The molecule has 0 radical (unpaired) electrons. The Morgan fingerprint density at radius 2 is 1.86 bits per heavy atom. The number of carbonyl (C=O) groups excluding carboxylic acids is 1. The molecule has 4 aliphatic carbocycles. The van der Waals surface area contributed by atoms with Gasteiger partial charge in [-0.1, -0.05) is 0 Å². The number of nitrogens with two attached hydrogens (primary N) is 1. The van der Waals surface area contributed by atoms with E-state index in [9.17, 15) is 10.1 Å². The van der Waals surface area contributed by atoms with Gasteiger partial charge in [-0.3, -0.25) is 4.79 Å². The van der Waals surface area contributed by atoms with Gasteiger partial charge in [0.2, 0.25) is 5.91 Å². The molecule has 0 aromatic rings. The van der Waals surface area contributed by atoms with Crippen LogP contribution < -0.4 is 11.1 Å². The molecule has 4 saturated carbocycles. The van der Waals surface area contributed by atoms with Gasteiger partial charge in [-0.15, -0.1) is 0 Å². The molecule has 1 saturated heterocycles. The van der Waals surface area contributed by atoms with Gasteiger partial charge < -0.3 is 16.0 Å². The molecule has 28 heavy (non-hydrogen) atoms. The molecule has 3 atom stereocenters. The van der Waals surface area contributed by atoms with E-state index in [1.165, 1.54) is 38.5 Å². The summed E-state index contributed by atoms with van der Waals surface area (Å²) in [6.45, 7) is 4.01. The first-order chi connectivity index (χ1) is 13.5. The van der Waals surface area contributed by atoms with E-state index in [2.05, 4.69) is 18.3 Å². The van der Waals surface area contributed by atoms with Gasteiger partial charge in [-0.25, -0.2) is 0 Å². The molecule has 0 aromatic heterocycles. The summed E-state index contributed by atoms with van der Waals surface area (Å²) >= 11 is 0. The Morgan fingerprint density at radius 3 is 2.46 bits per heavy atom. The van der Waals surface area contributed by atoms with E-state index in [0.29, 0.717) is 24.4 Å². The van der Waals surface area contributed by atoms with Crippen LogP contribution in [0.15, 0.2) is 0 Å². The van der Waals surface area contributed by atoms with Gasteiger partial charge >= 0.3 is 0 Å². The second kappa shape index (κ2) is 8.32. The number of carbonyl (C=O) groups is 1. The molecular formula is C23H38N4O. The maximum atomic E-state index is 12.7. The minimum atomic E-state index is -0.467. The standard InChI is InChI=1S/C23H38N4O/c1-16(23-12-17-9-18(13-23)11-19(10-17)14-23)26-7-4-6-21(25)22(28)27-8-3-2-5-20(27)15-24/h16-21,26H,2-14,25H2,1H3. The van der Waals surface area contributed by atoms with E-state index in [0.717, 1.165) is 50.0 Å². The van der Waals surface area contributed by atoms with Crippen molar-refractivity contribution in [2.24, 2.45) is 28.9 Å². The molecule has 4 bridgehead atoms. The van der Waals surface area contributed by atoms with E-state index in [1.807, 2.05) is 0 Å². The Labute approximate surface area is 170 Å². The molecule has 5 aliphatic rings. The molecule has 1 heterocycles. The lowest BCUT2D eigenvalue weighted by Gasteiger charge is -2.59. The molecule has 0 spiro atoms. The van der Waals surface area contributed by atoms with Crippen molar-refractivity contribution in [1.29, 1.82) is 5.26 Å². The topological polar surface area (TPSA) is 82.2 Å². The zero-order chi connectivity index (χ0) is 19.7. The summed E-state index contributed by atoms with van der Waals surface area (Å²) in [5.74, 6) is 2.93. The van der Waals surface area contributed by atoms with Crippen molar-refractivity contribution in [3.63, 3.8) is 0 Å². The molecule has 1 amide bonds. The van der Waals surface area contributed by atoms with E-state index < -0.39 is 6.04 Å². The summed E-state index contributed by atoms with van der Waals surface area (Å²) in [5.41, 5.74) is 6.73. The van der Waals surface area contributed by atoms with E-state index >= 15 is 0 Å². The van der Waals surface area contributed by atoms with Crippen LogP contribution in [0.1, 0.15) is 77.6 Å². The average molecular weight is 387 g/mol. The normalized spacial score (nSPS) is 38.8. The fourth-order valence-electron chi connectivity index (χ4n) is 7.23. The number of amides is 1.